The van der Waals surface area contributed by atoms with Crippen LogP contribution in [0.1, 0.15) is 22.0 Å². The fourth-order valence-corrected chi connectivity index (χ4v) is 1.35. The van der Waals surface area contributed by atoms with E-state index in [1.807, 2.05) is 6.92 Å². The van der Waals surface area contributed by atoms with Crippen LogP contribution >= 0.6 is 0 Å². The first-order valence-corrected chi connectivity index (χ1v) is 4.80. The molecule has 0 saturated heterocycles. The summed E-state index contributed by atoms with van der Waals surface area (Å²) < 4.78 is 0. The minimum Gasteiger partial charge on any atom is -0.296 e. The van der Waals surface area contributed by atoms with Gasteiger partial charge in [0.1, 0.15) is 17.2 Å². The zero-order chi connectivity index (χ0) is 11.5. The van der Waals surface area contributed by atoms with Crippen LogP contribution in [0.3, 0.4) is 0 Å². The van der Waals surface area contributed by atoms with E-state index in [0.717, 1.165) is 5.69 Å². The number of hydrogen-bond acceptors (Lipinski definition) is 5. The Morgan fingerprint density at radius 3 is 2.69 bits per heavy atom. The SMILES string of the molecule is Cc1cc(C=O)nc(-c2ccnc(C)n2)n1. The van der Waals surface area contributed by atoms with Crippen molar-refractivity contribution >= 4 is 6.29 Å². The molecule has 0 aliphatic heterocycles. The maximum atomic E-state index is 10.7. The van der Waals surface area contributed by atoms with Crippen molar-refractivity contribution in [1.29, 1.82) is 0 Å². The first-order chi connectivity index (χ1) is 7.69. The van der Waals surface area contributed by atoms with Crippen molar-refractivity contribution in [1.82, 2.24) is 19.9 Å². The smallest absolute Gasteiger partial charge is 0.179 e. The summed E-state index contributed by atoms with van der Waals surface area (Å²) in [4.78, 5) is 27.2. The van der Waals surface area contributed by atoms with Gasteiger partial charge in [0.2, 0.25) is 0 Å². The molecule has 2 rings (SSSR count). The number of aryl methyl sites for hydroxylation is 2. The van der Waals surface area contributed by atoms with Gasteiger partial charge in [-0.25, -0.2) is 19.9 Å². The molecule has 2 aromatic rings. The van der Waals surface area contributed by atoms with Crippen LogP contribution < -0.4 is 0 Å². The average molecular weight is 214 g/mol. The topological polar surface area (TPSA) is 68.6 Å². The van der Waals surface area contributed by atoms with E-state index >= 15 is 0 Å². The minimum atomic E-state index is 0.360. The third-order valence-corrected chi connectivity index (χ3v) is 2.00. The molecule has 2 aromatic heterocycles. The predicted molar refractivity (Wildman–Crippen MR) is 57.9 cm³/mol. The summed E-state index contributed by atoms with van der Waals surface area (Å²) in [6.07, 6.45) is 2.34. The summed E-state index contributed by atoms with van der Waals surface area (Å²) in [7, 11) is 0. The predicted octanol–water partition coefficient (Wildman–Crippen LogP) is 1.36. The number of rotatable bonds is 2. The van der Waals surface area contributed by atoms with E-state index in [0.29, 0.717) is 29.3 Å². The third-order valence-electron chi connectivity index (χ3n) is 2.00. The van der Waals surface area contributed by atoms with Crippen molar-refractivity contribution < 1.29 is 4.79 Å². The lowest BCUT2D eigenvalue weighted by molar-refractivity contribution is 0.111. The van der Waals surface area contributed by atoms with Crippen LogP contribution in [0.2, 0.25) is 0 Å². The van der Waals surface area contributed by atoms with Gasteiger partial charge >= 0.3 is 0 Å². The van der Waals surface area contributed by atoms with Crippen molar-refractivity contribution in [3.63, 3.8) is 0 Å². The second-order valence-electron chi connectivity index (χ2n) is 3.36. The Bertz CT molecular complexity index is 539. The Kier molecular flexibility index (Phi) is 2.68. The monoisotopic (exact) mass is 214 g/mol. The van der Waals surface area contributed by atoms with Gasteiger partial charge in [0.25, 0.3) is 0 Å². The summed E-state index contributed by atoms with van der Waals surface area (Å²) in [5, 5.41) is 0. The zero-order valence-corrected chi connectivity index (χ0v) is 9.01. The Balaban J connectivity index is 2.55. The van der Waals surface area contributed by atoms with Crippen LogP contribution in [0.5, 0.6) is 0 Å². The number of aromatic nitrogens is 4. The van der Waals surface area contributed by atoms with Gasteiger partial charge < -0.3 is 0 Å². The maximum Gasteiger partial charge on any atom is 0.179 e. The zero-order valence-electron chi connectivity index (χ0n) is 9.01. The van der Waals surface area contributed by atoms with E-state index in [1.54, 1.807) is 25.3 Å². The van der Waals surface area contributed by atoms with Gasteiger partial charge in [0.15, 0.2) is 12.1 Å². The van der Waals surface area contributed by atoms with Crippen LogP contribution in [-0.2, 0) is 0 Å². The highest BCUT2D eigenvalue weighted by atomic mass is 16.1. The highest BCUT2D eigenvalue weighted by Gasteiger charge is 2.06. The van der Waals surface area contributed by atoms with E-state index in [4.69, 9.17) is 0 Å². The molecule has 0 unspecified atom stereocenters. The molecule has 0 radical (unpaired) electrons. The van der Waals surface area contributed by atoms with Gasteiger partial charge in [-0.1, -0.05) is 0 Å². The number of hydrogen-bond donors (Lipinski definition) is 0. The molecule has 0 bridgehead atoms. The largest absolute Gasteiger partial charge is 0.296 e. The first-order valence-electron chi connectivity index (χ1n) is 4.80. The van der Waals surface area contributed by atoms with Gasteiger partial charge in [0, 0.05) is 11.9 Å². The number of carbonyl (C=O) groups is 1. The maximum absolute atomic E-state index is 10.7. The van der Waals surface area contributed by atoms with Gasteiger partial charge in [0.05, 0.1) is 0 Å². The summed E-state index contributed by atoms with van der Waals surface area (Å²) in [5.74, 6) is 1.10. The molecule has 0 aromatic carbocycles. The fourth-order valence-electron chi connectivity index (χ4n) is 1.35. The molecular weight excluding hydrogens is 204 g/mol. The lowest BCUT2D eigenvalue weighted by Crippen LogP contribution is -1.99. The number of carbonyl (C=O) groups excluding carboxylic acids is 1. The lowest BCUT2D eigenvalue weighted by atomic mass is 10.3. The Morgan fingerprint density at radius 2 is 2.00 bits per heavy atom. The molecule has 0 aliphatic carbocycles. The molecule has 80 valence electrons. The molecule has 5 heteroatoms. The molecule has 0 amide bonds. The van der Waals surface area contributed by atoms with Crippen molar-refractivity contribution in [2.45, 2.75) is 13.8 Å². The van der Waals surface area contributed by atoms with E-state index in [-0.39, 0.29) is 0 Å². The standard InChI is InChI=1S/C11H10N4O/c1-7-5-9(6-16)15-11(13-7)10-3-4-12-8(2)14-10/h3-6H,1-2H3. The van der Waals surface area contributed by atoms with E-state index < -0.39 is 0 Å². The Labute approximate surface area is 92.6 Å². The summed E-state index contributed by atoms with van der Waals surface area (Å²) in [6.45, 7) is 3.60. The number of nitrogens with zero attached hydrogens (tertiary/aromatic N) is 4. The Hall–Kier alpha value is -2.17. The van der Waals surface area contributed by atoms with E-state index in [9.17, 15) is 4.79 Å². The van der Waals surface area contributed by atoms with Crippen LogP contribution in [0.4, 0.5) is 0 Å². The highest BCUT2D eigenvalue weighted by Crippen LogP contribution is 2.12. The minimum absolute atomic E-state index is 0.360. The molecule has 0 saturated carbocycles. The molecular formula is C11H10N4O. The van der Waals surface area contributed by atoms with Crippen LogP contribution in [-0.4, -0.2) is 26.2 Å². The average Bonchev–Trinajstić information content (AvgIpc) is 2.28. The lowest BCUT2D eigenvalue weighted by Gasteiger charge is -2.02. The molecule has 0 aliphatic rings. The second kappa shape index (κ2) is 4.14. The van der Waals surface area contributed by atoms with Gasteiger partial charge in [-0.2, -0.15) is 0 Å². The molecule has 0 spiro atoms. The van der Waals surface area contributed by atoms with Crippen LogP contribution in [0.15, 0.2) is 18.3 Å². The molecule has 0 atom stereocenters. The molecule has 5 nitrogen and oxygen atoms in total. The van der Waals surface area contributed by atoms with Crippen molar-refractivity contribution in [2.24, 2.45) is 0 Å². The molecule has 0 N–H and O–H groups in total. The Morgan fingerprint density at radius 1 is 1.19 bits per heavy atom. The van der Waals surface area contributed by atoms with Crippen molar-refractivity contribution in [3.05, 3.63) is 35.5 Å². The first kappa shape index (κ1) is 10.4. The summed E-state index contributed by atoms with van der Waals surface area (Å²) >= 11 is 0. The molecule has 16 heavy (non-hydrogen) atoms. The molecule has 0 fully saturated rings. The third kappa shape index (κ3) is 2.08. The van der Waals surface area contributed by atoms with Crippen LogP contribution in [0, 0.1) is 13.8 Å². The fraction of sp³-hybridized carbons (Fsp3) is 0.182. The summed E-state index contributed by atoms with van der Waals surface area (Å²) in [5.41, 5.74) is 1.72. The van der Waals surface area contributed by atoms with Crippen molar-refractivity contribution in [2.75, 3.05) is 0 Å². The van der Waals surface area contributed by atoms with Crippen LogP contribution in [0.25, 0.3) is 11.5 Å². The number of aldehydes is 1. The van der Waals surface area contributed by atoms with Crippen molar-refractivity contribution in [3.8, 4) is 11.5 Å². The van der Waals surface area contributed by atoms with Gasteiger partial charge in [-0.05, 0) is 26.0 Å². The van der Waals surface area contributed by atoms with E-state index in [2.05, 4.69) is 19.9 Å². The quantitative estimate of drug-likeness (QED) is 0.706. The second-order valence-corrected chi connectivity index (χ2v) is 3.36. The normalized spacial score (nSPS) is 10.1. The van der Waals surface area contributed by atoms with Gasteiger partial charge in [-0.3, -0.25) is 4.79 Å². The molecule has 2 heterocycles. The highest BCUT2D eigenvalue weighted by molar-refractivity contribution is 5.72. The summed E-state index contributed by atoms with van der Waals surface area (Å²) in [6, 6.07) is 3.35. The van der Waals surface area contributed by atoms with Gasteiger partial charge in [-0.15, -0.1) is 0 Å². The van der Waals surface area contributed by atoms with E-state index in [1.165, 1.54) is 0 Å².